The Balaban J connectivity index is 1.70. The third kappa shape index (κ3) is 4.05. The Morgan fingerprint density at radius 3 is 2.68 bits per heavy atom. The van der Waals surface area contributed by atoms with Gasteiger partial charge in [-0.15, -0.1) is 10.2 Å². The van der Waals surface area contributed by atoms with E-state index in [-0.39, 0.29) is 5.82 Å². The fourth-order valence-corrected chi connectivity index (χ4v) is 4.22. The maximum Gasteiger partial charge on any atom is 0.232 e. The maximum absolute atomic E-state index is 13.5. The van der Waals surface area contributed by atoms with Crippen LogP contribution in [-0.2, 0) is 16.9 Å². The van der Waals surface area contributed by atoms with E-state index in [4.69, 9.17) is 4.74 Å². The normalized spacial score (nSPS) is 14.4. The van der Waals surface area contributed by atoms with Crippen molar-refractivity contribution in [3.05, 3.63) is 65.5 Å². The molecule has 28 heavy (non-hydrogen) atoms. The van der Waals surface area contributed by atoms with Crippen LogP contribution in [0.2, 0.25) is 0 Å². The number of nitrogens with zero attached hydrogens (tertiary/aromatic N) is 4. The van der Waals surface area contributed by atoms with Crippen LogP contribution in [0.15, 0.2) is 53.7 Å². The van der Waals surface area contributed by atoms with Gasteiger partial charge in [-0.05, 0) is 35.7 Å². The van der Waals surface area contributed by atoms with Gasteiger partial charge in [-0.2, -0.15) is 0 Å². The lowest BCUT2D eigenvalue weighted by Crippen LogP contribution is -2.38. The molecule has 0 unspecified atom stereocenters. The minimum absolute atomic E-state index is 0.218. The van der Waals surface area contributed by atoms with Crippen molar-refractivity contribution in [2.24, 2.45) is 0 Å². The number of aryl methyl sites for hydroxylation is 1. The fourth-order valence-electron chi connectivity index (χ4n) is 3.34. The topological polar surface area (TPSA) is 43.2 Å². The third-order valence-corrected chi connectivity index (χ3v) is 5.78. The monoisotopic (exact) mass is 398 g/mol. The average Bonchev–Trinajstić information content (AvgIpc) is 3.16. The smallest absolute Gasteiger partial charge is 0.232 e. The molecule has 0 N–H and O–H groups in total. The fraction of sp³-hybridized carbons (Fsp3) is 0.333. The minimum atomic E-state index is -0.218. The van der Waals surface area contributed by atoms with E-state index in [2.05, 4.69) is 44.8 Å². The molecule has 0 bridgehead atoms. The molecule has 0 aliphatic carbocycles. The molecule has 2 heterocycles. The number of hydrogen-bond acceptors (Lipinski definition) is 5. The highest BCUT2D eigenvalue weighted by molar-refractivity contribution is 7.98. The van der Waals surface area contributed by atoms with Crippen LogP contribution in [0, 0.1) is 5.82 Å². The number of halogens is 1. The molecule has 0 radical (unpaired) electrons. The van der Waals surface area contributed by atoms with Gasteiger partial charge < -0.3 is 9.64 Å². The number of benzene rings is 2. The van der Waals surface area contributed by atoms with Gasteiger partial charge >= 0.3 is 0 Å². The molecule has 1 saturated heterocycles. The molecule has 0 saturated carbocycles. The quantitative estimate of drug-likeness (QED) is 0.585. The number of para-hydroxylation sites is 1. The highest BCUT2D eigenvalue weighted by Gasteiger charge is 2.22. The van der Waals surface area contributed by atoms with Crippen molar-refractivity contribution >= 4 is 17.7 Å². The summed E-state index contributed by atoms with van der Waals surface area (Å²) < 4.78 is 21.2. The van der Waals surface area contributed by atoms with Gasteiger partial charge in [0, 0.05) is 18.8 Å². The van der Waals surface area contributed by atoms with E-state index in [1.807, 2.05) is 12.1 Å². The van der Waals surface area contributed by atoms with Gasteiger partial charge in [0.1, 0.15) is 5.82 Å². The molecule has 1 aliphatic rings. The van der Waals surface area contributed by atoms with Crippen LogP contribution in [0.3, 0.4) is 0 Å². The Kier molecular flexibility index (Phi) is 5.92. The molecule has 3 aromatic rings. The second-order valence-electron chi connectivity index (χ2n) is 6.62. The average molecular weight is 399 g/mol. The van der Waals surface area contributed by atoms with Crippen molar-refractivity contribution in [2.45, 2.75) is 24.3 Å². The summed E-state index contributed by atoms with van der Waals surface area (Å²) in [5, 5.41) is 9.80. The zero-order valence-corrected chi connectivity index (χ0v) is 16.7. The van der Waals surface area contributed by atoms with Crippen molar-refractivity contribution in [3.8, 4) is 5.69 Å². The van der Waals surface area contributed by atoms with Crippen LogP contribution in [0.5, 0.6) is 0 Å². The molecule has 2 aromatic carbocycles. The summed E-state index contributed by atoms with van der Waals surface area (Å²) in [6, 6.07) is 15.0. The van der Waals surface area contributed by atoms with E-state index in [0.717, 1.165) is 41.9 Å². The van der Waals surface area contributed by atoms with Crippen molar-refractivity contribution < 1.29 is 9.13 Å². The Morgan fingerprint density at radius 2 is 1.89 bits per heavy atom. The predicted molar refractivity (Wildman–Crippen MR) is 110 cm³/mol. The van der Waals surface area contributed by atoms with E-state index in [1.54, 1.807) is 23.9 Å². The van der Waals surface area contributed by atoms with Gasteiger partial charge in [0.05, 0.1) is 18.9 Å². The first kappa shape index (κ1) is 19.0. The SMILES string of the molecule is CCc1ccccc1-n1c(SCc2cccc(F)c2)nnc1N1CCOCC1. The van der Waals surface area contributed by atoms with E-state index in [9.17, 15) is 4.39 Å². The van der Waals surface area contributed by atoms with E-state index in [0.29, 0.717) is 19.0 Å². The van der Waals surface area contributed by atoms with Gasteiger partial charge in [-0.25, -0.2) is 4.39 Å². The molecule has 146 valence electrons. The van der Waals surface area contributed by atoms with Gasteiger partial charge in [0.2, 0.25) is 5.95 Å². The number of anilines is 1. The summed E-state index contributed by atoms with van der Waals surface area (Å²) in [6.45, 7) is 5.11. The lowest BCUT2D eigenvalue weighted by Gasteiger charge is -2.28. The van der Waals surface area contributed by atoms with Gasteiger partial charge in [-0.1, -0.05) is 49.0 Å². The van der Waals surface area contributed by atoms with Crippen LogP contribution in [0.1, 0.15) is 18.1 Å². The summed E-state index contributed by atoms with van der Waals surface area (Å²) in [5.74, 6) is 1.25. The highest BCUT2D eigenvalue weighted by Crippen LogP contribution is 2.31. The van der Waals surface area contributed by atoms with Crippen LogP contribution < -0.4 is 4.90 Å². The Hall–Kier alpha value is -2.38. The maximum atomic E-state index is 13.5. The first-order chi connectivity index (χ1) is 13.8. The number of aromatic nitrogens is 3. The summed E-state index contributed by atoms with van der Waals surface area (Å²) in [6.07, 6.45) is 0.922. The van der Waals surface area contributed by atoms with Crippen LogP contribution >= 0.6 is 11.8 Å². The zero-order valence-electron chi connectivity index (χ0n) is 15.8. The van der Waals surface area contributed by atoms with Crippen LogP contribution in [0.25, 0.3) is 5.69 Å². The highest BCUT2D eigenvalue weighted by atomic mass is 32.2. The Labute approximate surface area is 168 Å². The van der Waals surface area contributed by atoms with Crippen molar-refractivity contribution in [2.75, 3.05) is 31.2 Å². The summed E-state index contributed by atoms with van der Waals surface area (Å²) >= 11 is 1.57. The van der Waals surface area contributed by atoms with E-state index < -0.39 is 0 Å². The molecule has 0 spiro atoms. The molecular formula is C21H23FN4OS. The molecule has 0 atom stereocenters. The number of hydrogen-bond donors (Lipinski definition) is 0. The Bertz CT molecular complexity index is 940. The summed E-state index contributed by atoms with van der Waals surface area (Å²) in [4.78, 5) is 2.22. The molecule has 1 aromatic heterocycles. The van der Waals surface area contributed by atoms with Crippen molar-refractivity contribution in [1.82, 2.24) is 14.8 Å². The molecule has 1 aliphatic heterocycles. The molecule has 5 nitrogen and oxygen atoms in total. The number of thioether (sulfide) groups is 1. The lowest BCUT2D eigenvalue weighted by atomic mass is 10.1. The molecular weight excluding hydrogens is 375 g/mol. The van der Waals surface area contributed by atoms with Gasteiger partial charge in [0.15, 0.2) is 5.16 Å². The second kappa shape index (κ2) is 8.75. The minimum Gasteiger partial charge on any atom is -0.378 e. The number of rotatable bonds is 6. The predicted octanol–water partition coefficient (Wildman–Crippen LogP) is 4.10. The van der Waals surface area contributed by atoms with Gasteiger partial charge in [-0.3, -0.25) is 4.57 Å². The zero-order chi connectivity index (χ0) is 19.3. The third-order valence-electron chi connectivity index (χ3n) is 4.78. The van der Waals surface area contributed by atoms with E-state index >= 15 is 0 Å². The first-order valence-electron chi connectivity index (χ1n) is 9.50. The summed E-state index contributed by atoms with van der Waals surface area (Å²) in [5.41, 5.74) is 3.26. The molecule has 7 heteroatoms. The Morgan fingerprint density at radius 1 is 1.07 bits per heavy atom. The lowest BCUT2D eigenvalue weighted by molar-refractivity contribution is 0.122. The number of morpholine rings is 1. The van der Waals surface area contributed by atoms with Crippen LogP contribution in [-0.4, -0.2) is 41.1 Å². The number of ether oxygens (including phenoxy) is 1. The van der Waals surface area contributed by atoms with E-state index in [1.165, 1.54) is 11.6 Å². The van der Waals surface area contributed by atoms with Crippen molar-refractivity contribution in [1.29, 1.82) is 0 Å². The van der Waals surface area contributed by atoms with Gasteiger partial charge in [0.25, 0.3) is 0 Å². The standard InChI is InChI=1S/C21H23FN4OS/c1-2-17-7-3-4-9-19(17)26-20(25-10-12-27-13-11-25)23-24-21(26)28-15-16-6-5-8-18(22)14-16/h3-9,14H,2,10-13,15H2,1H3. The second-order valence-corrected chi connectivity index (χ2v) is 7.56. The first-order valence-corrected chi connectivity index (χ1v) is 10.5. The largest absolute Gasteiger partial charge is 0.378 e. The molecule has 0 amide bonds. The van der Waals surface area contributed by atoms with Crippen LogP contribution in [0.4, 0.5) is 10.3 Å². The summed E-state index contributed by atoms with van der Waals surface area (Å²) in [7, 11) is 0. The molecule has 1 fully saturated rings. The molecule has 4 rings (SSSR count). The van der Waals surface area contributed by atoms with Crippen molar-refractivity contribution in [3.63, 3.8) is 0 Å².